The van der Waals surface area contributed by atoms with Gasteiger partial charge in [0.1, 0.15) is 5.75 Å². The monoisotopic (exact) mass is 243 g/mol. The van der Waals surface area contributed by atoms with Gasteiger partial charge < -0.3 is 14.6 Å². The molecule has 94 valence electrons. The van der Waals surface area contributed by atoms with Crippen LogP contribution in [0.4, 0.5) is 11.6 Å². The highest BCUT2D eigenvalue weighted by molar-refractivity contribution is 5.55. The maximum atomic E-state index is 5.12. The van der Waals surface area contributed by atoms with E-state index in [-0.39, 0.29) is 0 Å². The Bertz CT molecular complexity index is 528. The molecular formula is C14H17N3O. The Hall–Kier alpha value is -2.23. The minimum Gasteiger partial charge on any atom is -0.497 e. The Morgan fingerprint density at radius 3 is 2.72 bits per heavy atom. The molecule has 0 aliphatic heterocycles. The zero-order chi connectivity index (χ0) is 13.0. The summed E-state index contributed by atoms with van der Waals surface area (Å²) in [6.07, 6.45) is 3.84. The molecule has 4 heteroatoms. The molecule has 0 saturated carbocycles. The van der Waals surface area contributed by atoms with Crippen LogP contribution in [0, 0.1) is 6.92 Å². The van der Waals surface area contributed by atoms with Crippen LogP contribution in [-0.2, 0) is 6.54 Å². The zero-order valence-electron chi connectivity index (χ0n) is 10.7. The van der Waals surface area contributed by atoms with Crippen LogP contribution in [0.25, 0.3) is 0 Å². The van der Waals surface area contributed by atoms with E-state index in [0.717, 1.165) is 29.6 Å². The van der Waals surface area contributed by atoms with Gasteiger partial charge in [-0.25, -0.2) is 4.98 Å². The normalized spacial score (nSPS) is 10.1. The van der Waals surface area contributed by atoms with E-state index in [1.165, 1.54) is 0 Å². The number of ether oxygens (including phenoxy) is 1. The molecule has 0 aliphatic carbocycles. The van der Waals surface area contributed by atoms with Crippen molar-refractivity contribution in [2.75, 3.05) is 12.4 Å². The summed E-state index contributed by atoms with van der Waals surface area (Å²) in [6.45, 7) is 6.45. The number of aromatic nitrogens is 2. The number of imidazole rings is 1. The first-order valence-corrected chi connectivity index (χ1v) is 5.78. The van der Waals surface area contributed by atoms with Gasteiger partial charge in [0.15, 0.2) is 0 Å². The van der Waals surface area contributed by atoms with Crippen molar-refractivity contribution in [3.8, 4) is 5.75 Å². The summed E-state index contributed by atoms with van der Waals surface area (Å²) in [5, 5.41) is 3.28. The molecule has 1 aromatic carbocycles. The highest BCUT2D eigenvalue weighted by atomic mass is 16.5. The van der Waals surface area contributed by atoms with Crippen LogP contribution >= 0.6 is 0 Å². The molecule has 1 heterocycles. The average molecular weight is 243 g/mol. The number of aryl methyl sites for hydroxylation is 1. The minimum absolute atomic E-state index is 0.735. The van der Waals surface area contributed by atoms with Crippen molar-refractivity contribution < 1.29 is 4.74 Å². The second kappa shape index (κ2) is 5.40. The van der Waals surface area contributed by atoms with Crippen molar-refractivity contribution in [1.29, 1.82) is 0 Å². The number of rotatable bonds is 5. The van der Waals surface area contributed by atoms with Crippen LogP contribution in [0.1, 0.15) is 5.69 Å². The molecule has 1 N–H and O–H groups in total. The van der Waals surface area contributed by atoms with Crippen LogP contribution in [-0.4, -0.2) is 16.7 Å². The van der Waals surface area contributed by atoms with Gasteiger partial charge in [0.2, 0.25) is 5.95 Å². The summed E-state index contributed by atoms with van der Waals surface area (Å²) in [4.78, 5) is 4.44. The molecule has 0 saturated heterocycles. The molecule has 2 aromatic rings. The summed E-state index contributed by atoms with van der Waals surface area (Å²) in [7, 11) is 1.66. The Balaban J connectivity index is 2.19. The molecule has 0 atom stereocenters. The molecule has 0 spiro atoms. The van der Waals surface area contributed by atoms with Crippen molar-refractivity contribution in [1.82, 2.24) is 9.55 Å². The number of methoxy groups -OCH3 is 1. The number of allylic oxidation sites excluding steroid dienone is 1. The molecule has 0 fully saturated rings. The summed E-state index contributed by atoms with van der Waals surface area (Å²) in [5.41, 5.74) is 1.96. The summed E-state index contributed by atoms with van der Waals surface area (Å²) >= 11 is 0. The number of nitrogens with one attached hydrogen (secondary N) is 1. The fourth-order valence-corrected chi connectivity index (χ4v) is 1.73. The zero-order valence-corrected chi connectivity index (χ0v) is 10.7. The minimum atomic E-state index is 0.735. The molecule has 0 bridgehead atoms. The standard InChI is InChI=1S/C14H17N3O/c1-4-9-17-10-11(2)15-14(17)16-12-5-7-13(18-3)8-6-12/h4-8,10H,1,9H2,2-3H3,(H,15,16). The SMILES string of the molecule is C=CCn1cc(C)nc1Nc1ccc(OC)cc1. The lowest BCUT2D eigenvalue weighted by molar-refractivity contribution is 0.415. The second-order valence-electron chi connectivity index (χ2n) is 4.00. The Labute approximate surface area is 107 Å². The molecular weight excluding hydrogens is 226 g/mol. The number of anilines is 2. The van der Waals surface area contributed by atoms with Crippen molar-refractivity contribution in [3.63, 3.8) is 0 Å². The maximum Gasteiger partial charge on any atom is 0.207 e. The van der Waals surface area contributed by atoms with E-state index in [2.05, 4.69) is 16.9 Å². The first kappa shape index (κ1) is 12.2. The van der Waals surface area contributed by atoms with Crippen LogP contribution in [0.2, 0.25) is 0 Å². The van der Waals surface area contributed by atoms with Gasteiger partial charge in [0.05, 0.1) is 12.8 Å². The predicted octanol–water partition coefficient (Wildman–Crippen LogP) is 3.13. The Morgan fingerprint density at radius 1 is 1.39 bits per heavy atom. The number of hydrogen-bond donors (Lipinski definition) is 1. The van der Waals surface area contributed by atoms with Crippen LogP contribution in [0.5, 0.6) is 5.75 Å². The van der Waals surface area contributed by atoms with Crippen LogP contribution in [0.3, 0.4) is 0 Å². The van der Waals surface area contributed by atoms with Crippen molar-refractivity contribution in [3.05, 3.63) is 48.8 Å². The first-order chi connectivity index (χ1) is 8.72. The van der Waals surface area contributed by atoms with Crippen molar-refractivity contribution >= 4 is 11.6 Å². The van der Waals surface area contributed by atoms with Crippen molar-refractivity contribution in [2.45, 2.75) is 13.5 Å². The largest absolute Gasteiger partial charge is 0.497 e. The molecule has 1 aromatic heterocycles. The predicted molar refractivity (Wildman–Crippen MR) is 73.4 cm³/mol. The first-order valence-electron chi connectivity index (χ1n) is 5.78. The van der Waals surface area contributed by atoms with E-state index in [1.54, 1.807) is 7.11 Å². The lowest BCUT2D eigenvalue weighted by Gasteiger charge is -2.08. The quantitative estimate of drug-likeness (QED) is 0.820. The van der Waals surface area contributed by atoms with E-state index in [4.69, 9.17) is 4.74 Å². The average Bonchev–Trinajstić information content (AvgIpc) is 2.71. The number of nitrogens with zero attached hydrogens (tertiary/aromatic N) is 2. The number of benzene rings is 1. The third-order valence-corrected chi connectivity index (χ3v) is 2.57. The summed E-state index contributed by atoms with van der Waals surface area (Å²) in [5.74, 6) is 1.66. The number of hydrogen-bond acceptors (Lipinski definition) is 3. The Kier molecular flexibility index (Phi) is 3.67. The van der Waals surface area contributed by atoms with E-state index in [0.29, 0.717) is 0 Å². The van der Waals surface area contributed by atoms with E-state index in [1.807, 2.05) is 48.0 Å². The van der Waals surface area contributed by atoms with Gasteiger partial charge >= 0.3 is 0 Å². The fraction of sp³-hybridized carbons (Fsp3) is 0.214. The molecule has 4 nitrogen and oxygen atoms in total. The van der Waals surface area contributed by atoms with Gasteiger partial charge in [0, 0.05) is 18.4 Å². The third-order valence-electron chi connectivity index (χ3n) is 2.57. The second-order valence-corrected chi connectivity index (χ2v) is 4.00. The van der Waals surface area contributed by atoms with Gasteiger partial charge in [-0.05, 0) is 31.2 Å². The fourth-order valence-electron chi connectivity index (χ4n) is 1.73. The van der Waals surface area contributed by atoms with Crippen molar-refractivity contribution in [2.24, 2.45) is 0 Å². The lowest BCUT2D eigenvalue weighted by atomic mass is 10.3. The summed E-state index contributed by atoms with van der Waals surface area (Å²) in [6, 6.07) is 7.74. The lowest BCUT2D eigenvalue weighted by Crippen LogP contribution is -2.01. The van der Waals surface area contributed by atoms with Gasteiger partial charge in [-0.1, -0.05) is 6.08 Å². The maximum absolute atomic E-state index is 5.12. The van der Waals surface area contributed by atoms with Gasteiger partial charge in [-0.2, -0.15) is 0 Å². The topological polar surface area (TPSA) is 39.1 Å². The molecule has 18 heavy (non-hydrogen) atoms. The smallest absolute Gasteiger partial charge is 0.207 e. The van der Waals surface area contributed by atoms with Gasteiger partial charge in [-0.15, -0.1) is 6.58 Å². The molecule has 0 aliphatic rings. The Morgan fingerprint density at radius 2 is 2.11 bits per heavy atom. The molecule has 0 unspecified atom stereocenters. The molecule has 0 radical (unpaired) electrons. The highest BCUT2D eigenvalue weighted by Crippen LogP contribution is 2.19. The van der Waals surface area contributed by atoms with Crippen LogP contribution in [0.15, 0.2) is 43.1 Å². The molecule has 0 amide bonds. The molecule has 2 rings (SSSR count). The van der Waals surface area contributed by atoms with E-state index in [9.17, 15) is 0 Å². The van der Waals surface area contributed by atoms with E-state index < -0.39 is 0 Å². The third kappa shape index (κ3) is 2.71. The highest BCUT2D eigenvalue weighted by Gasteiger charge is 2.04. The van der Waals surface area contributed by atoms with Gasteiger partial charge in [0.25, 0.3) is 0 Å². The van der Waals surface area contributed by atoms with Gasteiger partial charge in [-0.3, -0.25) is 0 Å². The van der Waals surface area contributed by atoms with E-state index >= 15 is 0 Å². The summed E-state index contributed by atoms with van der Waals surface area (Å²) < 4.78 is 7.14. The van der Waals surface area contributed by atoms with Crippen LogP contribution < -0.4 is 10.1 Å².